The number of hydrogen-bond donors (Lipinski definition) is 2. The highest BCUT2D eigenvalue weighted by molar-refractivity contribution is 6.05. The minimum Gasteiger partial charge on any atom is -0.494 e. The highest BCUT2D eigenvalue weighted by Crippen LogP contribution is 2.31. The number of carbonyl (C=O) groups is 2. The summed E-state index contributed by atoms with van der Waals surface area (Å²) in [5.74, 6) is 1.58. The van der Waals surface area contributed by atoms with Crippen molar-refractivity contribution in [2.75, 3.05) is 32.8 Å². The average molecular weight is 484 g/mol. The van der Waals surface area contributed by atoms with E-state index in [0.717, 1.165) is 42.9 Å². The molecule has 2 unspecified atom stereocenters. The van der Waals surface area contributed by atoms with Gasteiger partial charge in [-0.05, 0) is 44.4 Å². The number of ether oxygens (including phenoxy) is 2. The lowest BCUT2D eigenvalue weighted by molar-refractivity contribution is -0.142. The van der Waals surface area contributed by atoms with Crippen molar-refractivity contribution in [2.24, 2.45) is 4.99 Å². The molecule has 4 aliphatic rings. The van der Waals surface area contributed by atoms with Gasteiger partial charge >= 0.3 is 0 Å². The molecular formula is C26H37N5O4. The summed E-state index contributed by atoms with van der Waals surface area (Å²) in [6.45, 7) is 5.97. The monoisotopic (exact) mass is 483 g/mol. The van der Waals surface area contributed by atoms with E-state index in [2.05, 4.69) is 27.4 Å². The molecule has 1 saturated carbocycles. The summed E-state index contributed by atoms with van der Waals surface area (Å²) in [6.07, 6.45) is 7.02. The summed E-state index contributed by atoms with van der Waals surface area (Å²) in [7, 11) is 0. The molecule has 190 valence electrons. The summed E-state index contributed by atoms with van der Waals surface area (Å²) in [4.78, 5) is 33.6. The van der Waals surface area contributed by atoms with Crippen LogP contribution in [0.5, 0.6) is 5.75 Å². The quantitative estimate of drug-likeness (QED) is 0.551. The van der Waals surface area contributed by atoms with Gasteiger partial charge in [0.1, 0.15) is 12.3 Å². The lowest BCUT2D eigenvalue weighted by atomic mass is 9.92. The number of hydrogen-bond acceptors (Lipinski definition) is 7. The van der Waals surface area contributed by atoms with E-state index in [1.165, 1.54) is 19.3 Å². The fraction of sp³-hybridized carbons (Fsp3) is 0.654. The van der Waals surface area contributed by atoms with Crippen LogP contribution >= 0.6 is 0 Å². The van der Waals surface area contributed by atoms with Crippen LogP contribution < -0.4 is 15.4 Å². The maximum Gasteiger partial charge on any atom is 0.246 e. The number of nitrogens with zero attached hydrogens (tertiary/aromatic N) is 3. The summed E-state index contributed by atoms with van der Waals surface area (Å²) >= 11 is 0. The Bertz CT molecular complexity index is 955. The SMILES string of the molecule is CC(C1CNCCO1)N(C(=O)CCCOc1ccc2c(c1)CN1CC(=O)NC1=N2)C1CCCCC1. The molecule has 1 aliphatic carbocycles. The minimum absolute atomic E-state index is 0.0272. The van der Waals surface area contributed by atoms with Gasteiger partial charge in [0.25, 0.3) is 0 Å². The first-order chi connectivity index (χ1) is 17.1. The van der Waals surface area contributed by atoms with Crippen molar-refractivity contribution in [2.45, 2.75) is 76.6 Å². The van der Waals surface area contributed by atoms with E-state index in [1.807, 2.05) is 23.1 Å². The standard InChI is InChI=1S/C26H37N5O4/c1-18(23-15-27-11-13-35-23)31(20-6-3-2-4-7-20)25(33)8-5-12-34-21-9-10-22-19(14-21)16-30-17-24(32)29-26(30)28-22/h9-10,14,18,20,23,27H,2-8,11-13,15-17H2,1H3,(H,28,29,32). The van der Waals surface area contributed by atoms with Gasteiger partial charge < -0.3 is 24.6 Å². The zero-order chi connectivity index (χ0) is 24.2. The first-order valence-electron chi connectivity index (χ1n) is 13.1. The predicted molar refractivity (Wildman–Crippen MR) is 133 cm³/mol. The summed E-state index contributed by atoms with van der Waals surface area (Å²) in [5, 5.41) is 6.19. The number of amides is 2. The lowest BCUT2D eigenvalue weighted by Gasteiger charge is -2.42. The van der Waals surface area contributed by atoms with Crippen LogP contribution in [0, 0.1) is 0 Å². The second kappa shape index (κ2) is 11.0. The number of morpholine rings is 1. The molecule has 3 heterocycles. The van der Waals surface area contributed by atoms with Gasteiger partial charge in [-0.2, -0.15) is 0 Å². The summed E-state index contributed by atoms with van der Waals surface area (Å²) < 4.78 is 12.0. The number of fused-ring (bicyclic) bond motifs is 2. The van der Waals surface area contributed by atoms with Crippen LogP contribution in [-0.4, -0.2) is 78.6 Å². The Morgan fingerprint density at radius 2 is 2.14 bits per heavy atom. The van der Waals surface area contributed by atoms with Gasteiger partial charge in [-0.3, -0.25) is 14.9 Å². The lowest BCUT2D eigenvalue weighted by Crippen LogP contribution is -2.56. The van der Waals surface area contributed by atoms with E-state index in [1.54, 1.807) is 0 Å². The molecule has 9 nitrogen and oxygen atoms in total. The Balaban J connectivity index is 1.15. The largest absolute Gasteiger partial charge is 0.494 e. The zero-order valence-corrected chi connectivity index (χ0v) is 20.6. The molecule has 9 heteroatoms. The maximum atomic E-state index is 13.4. The topological polar surface area (TPSA) is 95.5 Å². The van der Waals surface area contributed by atoms with Gasteiger partial charge in [0.05, 0.1) is 31.0 Å². The van der Waals surface area contributed by atoms with Gasteiger partial charge in [0.2, 0.25) is 17.8 Å². The molecule has 1 aromatic rings. The fourth-order valence-electron chi connectivity index (χ4n) is 5.67. The number of carbonyl (C=O) groups excluding carboxylic acids is 2. The normalized spacial score (nSPS) is 23.1. The van der Waals surface area contributed by atoms with Gasteiger partial charge in [0.15, 0.2) is 0 Å². The first kappa shape index (κ1) is 24.1. The van der Waals surface area contributed by atoms with Gasteiger partial charge in [-0.15, -0.1) is 0 Å². The molecule has 3 fully saturated rings. The molecule has 0 spiro atoms. The Morgan fingerprint density at radius 3 is 2.94 bits per heavy atom. The van der Waals surface area contributed by atoms with Crippen LogP contribution in [0.2, 0.25) is 0 Å². The van der Waals surface area contributed by atoms with E-state index in [0.29, 0.717) is 51.1 Å². The van der Waals surface area contributed by atoms with Crippen molar-refractivity contribution >= 4 is 23.5 Å². The molecular weight excluding hydrogens is 446 g/mol. The predicted octanol–water partition coefficient (Wildman–Crippen LogP) is 2.32. The van der Waals surface area contributed by atoms with Crippen LogP contribution in [-0.2, 0) is 20.9 Å². The van der Waals surface area contributed by atoms with E-state index in [4.69, 9.17) is 9.47 Å². The maximum absolute atomic E-state index is 13.4. The van der Waals surface area contributed by atoms with Crippen LogP contribution in [0.4, 0.5) is 5.69 Å². The third kappa shape index (κ3) is 5.62. The minimum atomic E-state index is -0.0272. The molecule has 2 N–H and O–H groups in total. The number of benzene rings is 1. The smallest absolute Gasteiger partial charge is 0.246 e. The number of guanidine groups is 1. The number of rotatable bonds is 8. The van der Waals surface area contributed by atoms with Crippen molar-refractivity contribution in [3.63, 3.8) is 0 Å². The number of aliphatic imine (C=N–C) groups is 1. The second-order valence-electron chi connectivity index (χ2n) is 10.0. The summed E-state index contributed by atoms with van der Waals surface area (Å²) in [6, 6.07) is 6.20. The highest BCUT2D eigenvalue weighted by Gasteiger charge is 2.34. The van der Waals surface area contributed by atoms with Crippen LogP contribution in [0.25, 0.3) is 0 Å². The average Bonchev–Trinajstić information content (AvgIpc) is 3.25. The Labute approximate surface area is 207 Å². The molecule has 35 heavy (non-hydrogen) atoms. The molecule has 0 bridgehead atoms. The second-order valence-corrected chi connectivity index (χ2v) is 10.0. The van der Waals surface area contributed by atoms with E-state index >= 15 is 0 Å². The van der Waals surface area contributed by atoms with Crippen LogP contribution in [0.15, 0.2) is 23.2 Å². The highest BCUT2D eigenvalue weighted by atomic mass is 16.5. The van der Waals surface area contributed by atoms with Gasteiger partial charge in [-0.25, -0.2) is 4.99 Å². The van der Waals surface area contributed by atoms with E-state index in [-0.39, 0.29) is 24.0 Å². The molecule has 5 rings (SSSR count). The van der Waals surface area contributed by atoms with Crippen LogP contribution in [0.3, 0.4) is 0 Å². The van der Waals surface area contributed by atoms with Crippen molar-refractivity contribution in [1.82, 2.24) is 20.4 Å². The van der Waals surface area contributed by atoms with Crippen molar-refractivity contribution in [3.05, 3.63) is 23.8 Å². The van der Waals surface area contributed by atoms with Crippen molar-refractivity contribution in [1.29, 1.82) is 0 Å². The summed E-state index contributed by atoms with van der Waals surface area (Å²) in [5.41, 5.74) is 1.90. The molecule has 1 aromatic carbocycles. The molecule has 0 aromatic heterocycles. The Hall–Kier alpha value is -2.65. The van der Waals surface area contributed by atoms with Gasteiger partial charge in [0, 0.05) is 37.7 Å². The van der Waals surface area contributed by atoms with Crippen molar-refractivity contribution < 1.29 is 19.1 Å². The molecule has 2 atom stereocenters. The zero-order valence-electron chi connectivity index (χ0n) is 20.6. The van der Waals surface area contributed by atoms with Crippen molar-refractivity contribution in [3.8, 4) is 5.75 Å². The van der Waals surface area contributed by atoms with Gasteiger partial charge in [-0.1, -0.05) is 19.3 Å². The molecule has 2 saturated heterocycles. The number of nitrogens with one attached hydrogen (secondary N) is 2. The third-order valence-corrected chi connectivity index (χ3v) is 7.52. The molecule has 3 aliphatic heterocycles. The fourth-order valence-corrected chi connectivity index (χ4v) is 5.67. The Morgan fingerprint density at radius 1 is 1.29 bits per heavy atom. The first-order valence-corrected chi connectivity index (χ1v) is 13.1. The Kier molecular flexibility index (Phi) is 7.53. The molecule has 2 amide bonds. The van der Waals surface area contributed by atoms with E-state index < -0.39 is 0 Å². The van der Waals surface area contributed by atoms with Crippen LogP contribution in [0.1, 0.15) is 57.4 Å². The molecule has 0 radical (unpaired) electrons. The van der Waals surface area contributed by atoms with E-state index in [9.17, 15) is 9.59 Å². The third-order valence-electron chi connectivity index (χ3n) is 7.52.